The van der Waals surface area contributed by atoms with E-state index < -0.39 is 8.07 Å². The fourth-order valence-corrected chi connectivity index (χ4v) is 16.4. The monoisotopic (exact) mass is 789 g/mol. The first-order valence-corrected chi connectivity index (χ1v) is 24.0. The second kappa shape index (κ2) is 14.8. The predicted octanol–water partition coefficient (Wildman–Crippen LogP) is 12.4. The van der Waals surface area contributed by atoms with Gasteiger partial charge in [0.05, 0.1) is 0 Å². The SMILES string of the molecule is CC1(C)c2cc(N(c3ccc(C4CC5CCC4C5)cc3)c3ccc([Si](c4ccccc4)(c4ccccc4)c4ccccc4)cc3)ccc2-c2c(-c3ccccc3)cccc21. The Kier molecular flexibility index (Phi) is 9.08. The van der Waals surface area contributed by atoms with Crippen LogP contribution in [0.5, 0.6) is 0 Å². The summed E-state index contributed by atoms with van der Waals surface area (Å²) < 4.78 is 0. The summed E-state index contributed by atoms with van der Waals surface area (Å²) >= 11 is 0. The van der Waals surface area contributed by atoms with E-state index in [1.165, 1.54) is 102 Å². The molecular weight excluding hydrogens is 739 g/mol. The molecule has 0 saturated heterocycles. The maximum Gasteiger partial charge on any atom is 0.179 e. The average molecular weight is 790 g/mol. The number of benzene rings is 8. The molecule has 60 heavy (non-hydrogen) atoms. The molecule has 3 atom stereocenters. The maximum atomic E-state index is 2.50. The summed E-state index contributed by atoms with van der Waals surface area (Å²) in [6, 6.07) is 78.0. The number of hydrogen-bond acceptors (Lipinski definition) is 1. The Morgan fingerprint density at radius 2 is 0.983 bits per heavy atom. The number of anilines is 3. The van der Waals surface area contributed by atoms with E-state index in [1.807, 2.05) is 0 Å². The smallest absolute Gasteiger partial charge is 0.179 e. The molecule has 0 spiro atoms. The number of rotatable bonds is 9. The van der Waals surface area contributed by atoms with Crippen molar-refractivity contribution < 1.29 is 0 Å². The zero-order valence-corrected chi connectivity index (χ0v) is 35.6. The number of hydrogen-bond donors (Lipinski definition) is 0. The highest BCUT2D eigenvalue weighted by Gasteiger charge is 2.42. The molecule has 2 heteroatoms. The van der Waals surface area contributed by atoms with Gasteiger partial charge in [-0.3, -0.25) is 0 Å². The van der Waals surface area contributed by atoms with E-state index in [-0.39, 0.29) is 5.41 Å². The van der Waals surface area contributed by atoms with Crippen LogP contribution in [0.25, 0.3) is 22.3 Å². The van der Waals surface area contributed by atoms with Crippen molar-refractivity contribution in [3.63, 3.8) is 0 Å². The fraction of sp³-hybridized carbons (Fsp3) is 0.172. The molecule has 0 radical (unpaired) electrons. The molecule has 0 heterocycles. The lowest BCUT2D eigenvalue weighted by Gasteiger charge is -2.35. The van der Waals surface area contributed by atoms with Crippen molar-refractivity contribution in [3.05, 3.63) is 223 Å². The van der Waals surface area contributed by atoms with Gasteiger partial charge < -0.3 is 4.90 Å². The summed E-state index contributed by atoms with van der Waals surface area (Å²) in [6.45, 7) is 4.81. The van der Waals surface area contributed by atoms with Crippen molar-refractivity contribution in [1.29, 1.82) is 0 Å². The van der Waals surface area contributed by atoms with Gasteiger partial charge in [-0.25, -0.2) is 0 Å². The summed E-state index contributed by atoms with van der Waals surface area (Å²) in [5, 5.41) is 5.54. The van der Waals surface area contributed by atoms with Crippen molar-refractivity contribution in [2.75, 3.05) is 4.90 Å². The van der Waals surface area contributed by atoms with Crippen molar-refractivity contribution in [1.82, 2.24) is 0 Å². The molecule has 0 aromatic heterocycles. The van der Waals surface area contributed by atoms with Crippen LogP contribution in [0.3, 0.4) is 0 Å². The van der Waals surface area contributed by atoms with Crippen LogP contribution < -0.4 is 25.6 Å². The van der Waals surface area contributed by atoms with Gasteiger partial charge in [0.25, 0.3) is 0 Å². The first kappa shape index (κ1) is 36.8. The summed E-state index contributed by atoms with van der Waals surface area (Å²) in [6.07, 6.45) is 5.60. The Morgan fingerprint density at radius 3 is 1.53 bits per heavy atom. The topological polar surface area (TPSA) is 3.24 Å². The highest BCUT2D eigenvalue weighted by molar-refractivity contribution is 7.19. The van der Waals surface area contributed by atoms with E-state index in [2.05, 4.69) is 225 Å². The van der Waals surface area contributed by atoms with Gasteiger partial charge in [0.15, 0.2) is 8.07 Å². The highest BCUT2D eigenvalue weighted by atomic mass is 28.3. The molecule has 0 aliphatic heterocycles. The van der Waals surface area contributed by atoms with Crippen LogP contribution in [0.15, 0.2) is 206 Å². The third-order valence-electron chi connectivity index (χ3n) is 14.5. The van der Waals surface area contributed by atoms with Crippen LogP contribution in [0.1, 0.15) is 62.1 Å². The second-order valence-corrected chi connectivity index (χ2v) is 21.9. The molecule has 11 rings (SSSR count). The Morgan fingerprint density at radius 1 is 0.450 bits per heavy atom. The quantitative estimate of drug-likeness (QED) is 0.104. The first-order valence-electron chi connectivity index (χ1n) is 22.0. The predicted molar refractivity (Wildman–Crippen MR) is 256 cm³/mol. The van der Waals surface area contributed by atoms with E-state index in [0.29, 0.717) is 5.92 Å². The molecular formula is C58H51NSi. The molecule has 8 aromatic carbocycles. The number of fused-ring (bicyclic) bond motifs is 5. The van der Waals surface area contributed by atoms with E-state index >= 15 is 0 Å². The van der Waals surface area contributed by atoms with E-state index in [9.17, 15) is 0 Å². The molecule has 292 valence electrons. The van der Waals surface area contributed by atoms with Crippen molar-refractivity contribution in [3.8, 4) is 22.3 Å². The van der Waals surface area contributed by atoms with Gasteiger partial charge in [0.1, 0.15) is 0 Å². The molecule has 3 aliphatic carbocycles. The van der Waals surface area contributed by atoms with Crippen LogP contribution in [-0.2, 0) is 5.41 Å². The number of nitrogens with zero attached hydrogens (tertiary/aromatic N) is 1. The van der Waals surface area contributed by atoms with Crippen molar-refractivity contribution in [2.24, 2.45) is 11.8 Å². The van der Waals surface area contributed by atoms with Gasteiger partial charge in [-0.15, -0.1) is 0 Å². The van der Waals surface area contributed by atoms with Gasteiger partial charge in [-0.05, 0) is 133 Å². The lowest BCUT2D eigenvalue weighted by molar-refractivity contribution is 0.420. The third kappa shape index (κ3) is 5.95. The molecule has 2 fully saturated rings. The molecule has 0 N–H and O–H groups in total. The molecule has 3 aliphatic rings. The van der Waals surface area contributed by atoms with Crippen molar-refractivity contribution >= 4 is 45.9 Å². The van der Waals surface area contributed by atoms with Crippen LogP contribution in [0.4, 0.5) is 17.1 Å². The van der Waals surface area contributed by atoms with Crippen LogP contribution >= 0.6 is 0 Å². The molecule has 2 saturated carbocycles. The molecule has 2 bridgehead atoms. The molecule has 1 nitrogen and oxygen atoms in total. The summed E-state index contributed by atoms with van der Waals surface area (Å²) in [4.78, 5) is 2.50. The maximum absolute atomic E-state index is 2.67. The van der Waals surface area contributed by atoms with Crippen molar-refractivity contribution in [2.45, 2.75) is 50.9 Å². The normalized spacial score (nSPS) is 18.5. The Balaban J connectivity index is 1.06. The lowest BCUT2D eigenvalue weighted by Crippen LogP contribution is -2.74. The molecule has 8 aromatic rings. The van der Waals surface area contributed by atoms with Gasteiger partial charge >= 0.3 is 0 Å². The summed E-state index contributed by atoms with van der Waals surface area (Å²) in [5.41, 5.74) is 13.0. The van der Waals surface area contributed by atoms with Crippen LogP contribution in [-0.4, -0.2) is 8.07 Å². The fourth-order valence-electron chi connectivity index (χ4n) is 11.7. The minimum absolute atomic E-state index is 0.154. The van der Waals surface area contributed by atoms with Crippen LogP contribution in [0, 0.1) is 11.8 Å². The largest absolute Gasteiger partial charge is 0.310 e. The summed E-state index contributed by atoms with van der Waals surface area (Å²) in [5.74, 6) is 2.49. The van der Waals surface area contributed by atoms with E-state index in [0.717, 1.165) is 11.8 Å². The Labute approximate surface area is 357 Å². The van der Waals surface area contributed by atoms with E-state index in [4.69, 9.17) is 0 Å². The molecule has 3 unspecified atom stereocenters. The van der Waals surface area contributed by atoms with Crippen LogP contribution in [0.2, 0.25) is 0 Å². The first-order chi connectivity index (χ1) is 29.5. The third-order valence-corrected chi connectivity index (χ3v) is 19.3. The molecule has 0 amide bonds. The minimum atomic E-state index is -2.67. The Hall–Kier alpha value is -6.22. The lowest BCUT2D eigenvalue weighted by atomic mass is 9.81. The highest BCUT2D eigenvalue weighted by Crippen LogP contribution is 2.55. The summed E-state index contributed by atoms with van der Waals surface area (Å²) in [7, 11) is -2.67. The van der Waals surface area contributed by atoms with Gasteiger partial charge in [0, 0.05) is 22.5 Å². The zero-order chi connectivity index (χ0) is 40.3. The van der Waals surface area contributed by atoms with Gasteiger partial charge in [-0.2, -0.15) is 0 Å². The van der Waals surface area contributed by atoms with E-state index in [1.54, 1.807) is 0 Å². The zero-order valence-electron chi connectivity index (χ0n) is 34.6. The Bertz CT molecular complexity index is 2680. The standard InChI is InChI=1S/C58H51NSi/c1-58(2)55-25-15-24-52(42-16-7-3-8-17-42)57(55)53-37-34-47(40-56(53)58)59(45-30-28-43(29-31-45)54-39-41-26-27-44(54)38-41)46-32-35-51(36-33-46)60(48-18-9-4-10-19-48,49-20-11-5-12-21-49)50-22-13-6-14-23-50/h3-25,28-37,40-41,44,54H,26-27,38-39H2,1-2H3. The van der Waals surface area contributed by atoms with Gasteiger partial charge in [-0.1, -0.05) is 190 Å². The average Bonchev–Trinajstić information content (AvgIpc) is 4.02. The second-order valence-electron chi connectivity index (χ2n) is 18.1. The van der Waals surface area contributed by atoms with Gasteiger partial charge in [0.2, 0.25) is 0 Å². The minimum Gasteiger partial charge on any atom is -0.310 e.